The normalized spacial score (nSPS) is 39.5. The van der Waals surface area contributed by atoms with Crippen LogP contribution in [0.1, 0.15) is 43.4 Å². The molecule has 2 bridgehead atoms. The van der Waals surface area contributed by atoms with Crippen molar-refractivity contribution in [2.75, 3.05) is 27.0 Å². The molecule has 1 aromatic carbocycles. The van der Waals surface area contributed by atoms with Crippen LogP contribution in [0, 0.1) is 0 Å². The summed E-state index contributed by atoms with van der Waals surface area (Å²) in [5, 5.41) is 11.1. The van der Waals surface area contributed by atoms with Crippen LogP contribution in [0.2, 0.25) is 0 Å². The Kier molecular flexibility index (Phi) is 3.39. The van der Waals surface area contributed by atoms with Crippen molar-refractivity contribution in [3.05, 3.63) is 23.3 Å². The van der Waals surface area contributed by atoms with E-state index in [0.717, 1.165) is 42.1 Å². The molecule has 0 spiro atoms. The van der Waals surface area contributed by atoms with Gasteiger partial charge in [0, 0.05) is 32.0 Å². The van der Waals surface area contributed by atoms with Gasteiger partial charge in [0.15, 0.2) is 17.3 Å². The van der Waals surface area contributed by atoms with E-state index in [0.29, 0.717) is 12.8 Å². The zero-order valence-corrected chi connectivity index (χ0v) is 14.8. The van der Waals surface area contributed by atoms with Gasteiger partial charge in [0.05, 0.1) is 6.10 Å². The van der Waals surface area contributed by atoms with E-state index in [2.05, 4.69) is 11.8 Å². The van der Waals surface area contributed by atoms with Crippen molar-refractivity contribution in [2.45, 2.75) is 56.1 Å². The highest BCUT2D eigenvalue weighted by Crippen LogP contribution is 2.49. The van der Waals surface area contributed by atoms with Crippen LogP contribution in [-0.2, 0) is 15.9 Å². The molecule has 0 aromatic heterocycles. The Labute approximate surface area is 147 Å². The third kappa shape index (κ3) is 2.24. The molecule has 4 aliphatic heterocycles. The number of aliphatic hydroxyl groups excluding tert-OH is 1. The van der Waals surface area contributed by atoms with Gasteiger partial charge in [-0.15, -0.1) is 0 Å². The molecular weight excluding hydrogens is 322 g/mol. The first-order valence-corrected chi connectivity index (χ1v) is 9.11. The molecule has 0 aliphatic carbocycles. The maximum atomic E-state index is 11.1. The molecule has 0 amide bonds. The quantitative estimate of drug-likeness (QED) is 0.838. The van der Waals surface area contributed by atoms with Gasteiger partial charge in [-0.2, -0.15) is 0 Å². The van der Waals surface area contributed by atoms with Crippen molar-refractivity contribution in [1.29, 1.82) is 0 Å². The zero-order valence-electron chi connectivity index (χ0n) is 14.8. The van der Waals surface area contributed by atoms with Crippen molar-refractivity contribution in [2.24, 2.45) is 0 Å². The monoisotopic (exact) mass is 347 g/mol. The summed E-state index contributed by atoms with van der Waals surface area (Å²) >= 11 is 0. The first-order chi connectivity index (χ1) is 12.0. The first-order valence-electron chi connectivity index (χ1n) is 9.11. The van der Waals surface area contributed by atoms with Crippen LogP contribution >= 0.6 is 0 Å². The number of hydrogen-bond acceptors (Lipinski definition) is 6. The van der Waals surface area contributed by atoms with Gasteiger partial charge >= 0.3 is 0 Å². The zero-order chi connectivity index (χ0) is 17.2. The third-order valence-electron chi connectivity index (χ3n) is 6.51. The standard InChI is InChI=1S/C19H25NO5/c1-18-4-3-5-20(18)9-16-13-8-15-14(23-11-24-15)6-12(13)7-17(21)19(10-18,22-2)25-16/h6,8,16-17,21H,3-5,7,9-11H2,1-2H3/t16-,17?,18-,19+/m0/s1. The summed E-state index contributed by atoms with van der Waals surface area (Å²) in [6.07, 6.45) is 2.57. The van der Waals surface area contributed by atoms with Crippen LogP contribution in [-0.4, -0.2) is 54.4 Å². The summed E-state index contributed by atoms with van der Waals surface area (Å²) in [5.41, 5.74) is 2.14. The van der Waals surface area contributed by atoms with E-state index < -0.39 is 11.9 Å². The minimum atomic E-state index is -0.982. The molecule has 5 rings (SSSR count). The second-order valence-corrected chi connectivity index (χ2v) is 7.97. The van der Waals surface area contributed by atoms with Crippen molar-refractivity contribution in [3.8, 4) is 11.5 Å². The molecule has 1 aromatic rings. The van der Waals surface area contributed by atoms with E-state index in [1.165, 1.54) is 6.42 Å². The second-order valence-electron chi connectivity index (χ2n) is 7.97. The molecule has 1 unspecified atom stereocenters. The fraction of sp³-hybridized carbons (Fsp3) is 0.684. The molecule has 6 nitrogen and oxygen atoms in total. The van der Waals surface area contributed by atoms with Gasteiger partial charge in [0.25, 0.3) is 0 Å². The lowest BCUT2D eigenvalue weighted by atomic mass is 9.85. The molecule has 0 radical (unpaired) electrons. The number of nitrogens with zero attached hydrogens (tertiary/aromatic N) is 1. The highest BCUT2D eigenvalue weighted by atomic mass is 16.7. The van der Waals surface area contributed by atoms with Gasteiger partial charge in [-0.1, -0.05) is 0 Å². The van der Waals surface area contributed by atoms with Crippen LogP contribution in [0.25, 0.3) is 0 Å². The van der Waals surface area contributed by atoms with Crippen molar-refractivity contribution in [1.82, 2.24) is 4.90 Å². The molecule has 136 valence electrons. The topological polar surface area (TPSA) is 60.4 Å². The number of rotatable bonds is 1. The van der Waals surface area contributed by atoms with Crippen molar-refractivity contribution in [3.63, 3.8) is 0 Å². The van der Waals surface area contributed by atoms with Crippen LogP contribution in [0.15, 0.2) is 12.1 Å². The summed E-state index contributed by atoms with van der Waals surface area (Å²) in [6.45, 7) is 4.39. The molecule has 0 saturated carbocycles. The molecular formula is C19H25NO5. The molecule has 25 heavy (non-hydrogen) atoms. The molecule has 2 saturated heterocycles. The van der Waals surface area contributed by atoms with Crippen LogP contribution in [0.4, 0.5) is 0 Å². The van der Waals surface area contributed by atoms with E-state index in [1.54, 1.807) is 7.11 Å². The van der Waals surface area contributed by atoms with Crippen molar-refractivity contribution < 1.29 is 24.1 Å². The van der Waals surface area contributed by atoms with Crippen LogP contribution in [0.5, 0.6) is 11.5 Å². The Balaban J connectivity index is 1.64. The molecule has 2 fully saturated rings. The summed E-state index contributed by atoms with van der Waals surface area (Å²) in [7, 11) is 1.65. The van der Waals surface area contributed by atoms with E-state index >= 15 is 0 Å². The van der Waals surface area contributed by atoms with E-state index in [-0.39, 0.29) is 18.4 Å². The van der Waals surface area contributed by atoms with Gasteiger partial charge < -0.3 is 24.1 Å². The van der Waals surface area contributed by atoms with Crippen LogP contribution < -0.4 is 9.47 Å². The minimum absolute atomic E-state index is 0.000414. The summed E-state index contributed by atoms with van der Waals surface area (Å²) in [6, 6.07) is 4.02. The lowest BCUT2D eigenvalue weighted by molar-refractivity contribution is -0.289. The lowest BCUT2D eigenvalue weighted by Crippen LogP contribution is -2.52. The number of methoxy groups -OCH3 is 1. The van der Waals surface area contributed by atoms with E-state index in [4.69, 9.17) is 18.9 Å². The van der Waals surface area contributed by atoms with Gasteiger partial charge in [-0.3, -0.25) is 4.90 Å². The first kappa shape index (κ1) is 15.9. The SMILES string of the molecule is CO[C@]12C[C@]3(C)CCCN3C[C@H](O1)c1cc3c(cc1CC2O)OCO3. The highest BCUT2D eigenvalue weighted by Gasteiger charge is 2.55. The number of benzene rings is 1. The van der Waals surface area contributed by atoms with Gasteiger partial charge in [-0.25, -0.2) is 0 Å². The molecule has 1 N–H and O–H groups in total. The fourth-order valence-corrected chi connectivity index (χ4v) is 5.10. The minimum Gasteiger partial charge on any atom is -0.454 e. The van der Waals surface area contributed by atoms with Gasteiger partial charge in [0.2, 0.25) is 6.79 Å². The predicted molar refractivity (Wildman–Crippen MR) is 89.7 cm³/mol. The smallest absolute Gasteiger partial charge is 0.231 e. The molecule has 4 atom stereocenters. The molecule has 6 heteroatoms. The van der Waals surface area contributed by atoms with Crippen LogP contribution in [0.3, 0.4) is 0 Å². The van der Waals surface area contributed by atoms with E-state index in [1.807, 2.05) is 12.1 Å². The van der Waals surface area contributed by atoms with Crippen molar-refractivity contribution >= 4 is 0 Å². The molecule has 4 aliphatic rings. The number of ether oxygens (including phenoxy) is 4. The number of hydrogen-bond donors (Lipinski definition) is 1. The highest BCUT2D eigenvalue weighted by molar-refractivity contribution is 5.50. The lowest BCUT2D eigenvalue weighted by Gasteiger charge is -2.41. The fourth-order valence-electron chi connectivity index (χ4n) is 5.10. The Morgan fingerprint density at radius 3 is 2.88 bits per heavy atom. The Morgan fingerprint density at radius 2 is 2.08 bits per heavy atom. The largest absolute Gasteiger partial charge is 0.454 e. The second kappa shape index (κ2) is 5.33. The van der Waals surface area contributed by atoms with Gasteiger partial charge in [-0.05, 0) is 49.6 Å². The third-order valence-corrected chi connectivity index (χ3v) is 6.51. The van der Waals surface area contributed by atoms with E-state index in [9.17, 15) is 5.11 Å². The maximum absolute atomic E-state index is 11.1. The maximum Gasteiger partial charge on any atom is 0.231 e. The Hall–Kier alpha value is -1.34. The Bertz CT molecular complexity index is 709. The summed E-state index contributed by atoms with van der Waals surface area (Å²) in [5.74, 6) is 0.525. The Morgan fingerprint density at radius 1 is 1.28 bits per heavy atom. The predicted octanol–water partition coefficient (Wildman–Crippen LogP) is 1.99. The average molecular weight is 347 g/mol. The number of fused-ring (bicyclic) bond motifs is 6. The summed E-state index contributed by atoms with van der Waals surface area (Å²) < 4.78 is 23.5. The number of aliphatic hydroxyl groups is 1. The average Bonchev–Trinajstić information content (AvgIpc) is 3.13. The van der Waals surface area contributed by atoms with Gasteiger partial charge in [0.1, 0.15) is 6.10 Å². The summed E-state index contributed by atoms with van der Waals surface area (Å²) in [4.78, 5) is 2.50. The molecule has 4 heterocycles.